The number of aliphatic hydroxyl groups is 1. The van der Waals surface area contributed by atoms with Gasteiger partial charge in [-0.25, -0.2) is 0 Å². The van der Waals surface area contributed by atoms with Crippen molar-refractivity contribution in [2.75, 3.05) is 14.2 Å². The summed E-state index contributed by atoms with van der Waals surface area (Å²) in [7, 11) is 3.61. The Balaban J connectivity index is 1.52. The zero-order valence-corrected chi connectivity index (χ0v) is 19.8. The predicted octanol–water partition coefficient (Wildman–Crippen LogP) is 4.64. The van der Waals surface area contributed by atoms with Crippen LogP contribution in [0.4, 0.5) is 0 Å². The highest BCUT2D eigenvalue weighted by atomic mass is 16.6. The molecule has 6 aliphatic carbocycles. The highest BCUT2D eigenvalue weighted by Crippen LogP contribution is 2.90. The van der Waals surface area contributed by atoms with Crippen molar-refractivity contribution in [3.8, 4) is 11.5 Å². The Hall–Kier alpha value is -1.26. The van der Waals surface area contributed by atoms with Gasteiger partial charge in [0, 0.05) is 24.0 Å². The Kier molecular flexibility index (Phi) is 3.08. The largest absolute Gasteiger partial charge is 0.493 e. The van der Waals surface area contributed by atoms with Gasteiger partial charge in [-0.05, 0) is 79.2 Å². The molecule has 7 aliphatic rings. The average Bonchev–Trinajstić information content (AvgIpc) is 3.20. The maximum Gasteiger partial charge on any atom is 0.165 e. The van der Waals surface area contributed by atoms with Crippen molar-refractivity contribution in [1.29, 1.82) is 0 Å². The minimum absolute atomic E-state index is 0.0199. The third kappa shape index (κ3) is 1.68. The molecule has 4 bridgehead atoms. The molecule has 0 amide bonds. The summed E-state index contributed by atoms with van der Waals surface area (Å²) in [4.78, 5) is 0. The number of hydrogen-bond donors (Lipinski definition) is 1. The predicted molar refractivity (Wildman–Crippen MR) is 118 cm³/mol. The number of ether oxygens (including phenoxy) is 3. The van der Waals surface area contributed by atoms with E-state index in [4.69, 9.17) is 14.2 Å². The minimum Gasteiger partial charge on any atom is -0.493 e. The summed E-state index contributed by atoms with van der Waals surface area (Å²) in [5.74, 6) is 2.64. The van der Waals surface area contributed by atoms with Gasteiger partial charge < -0.3 is 19.3 Å². The van der Waals surface area contributed by atoms with Crippen LogP contribution in [-0.2, 0) is 16.6 Å². The summed E-state index contributed by atoms with van der Waals surface area (Å²) >= 11 is 0. The second-order valence-electron chi connectivity index (χ2n) is 13.0. The van der Waals surface area contributed by atoms with E-state index >= 15 is 0 Å². The van der Waals surface area contributed by atoms with E-state index in [0.29, 0.717) is 5.41 Å². The van der Waals surface area contributed by atoms with Crippen molar-refractivity contribution >= 4 is 0 Å². The number of benzene rings is 1. The lowest BCUT2D eigenvalue weighted by Crippen LogP contribution is -2.77. The molecule has 0 saturated heterocycles. The minimum atomic E-state index is -0.845. The smallest absolute Gasteiger partial charge is 0.165 e. The molecule has 168 valence electrons. The van der Waals surface area contributed by atoms with Crippen LogP contribution in [0, 0.1) is 28.1 Å². The molecule has 1 heterocycles. The van der Waals surface area contributed by atoms with E-state index < -0.39 is 11.2 Å². The van der Waals surface area contributed by atoms with E-state index in [0.717, 1.165) is 30.3 Å². The maximum absolute atomic E-state index is 12.1. The summed E-state index contributed by atoms with van der Waals surface area (Å²) in [5, 5.41) is 12.1. The first kappa shape index (κ1) is 19.2. The van der Waals surface area contributed by atoms with E-state index in [1.165, 1.54) is 36.8 Å². The molecule has 1 N–H and O–H groups in total. The van der Waals surface area contributed by atoms with E-state index in [2.05, 4.69) is 39.8 Å². The van der Waals surface area contributed by atoms with Gasteiger partial charge in [0.2, 0.25) is 0 Å². The highest BCUT2D eigenvalue weighted by molar-refractivity contribution is 5.65. The molecule has 0 aromatic heterocycles. The van der Waals surface area contributed by atoms with Crippen molar-refractivity contribution in [3.05, 3.63) is 23.3 Å². The van der Waals surface area contributed by atoms with Crippen LogP contribution in [0.25, 0.3) is 0 Å². The first-order chi connectivity index (χ1) is 14.5. The van der Waals surface area contributed by atoms with Gasteiger partial charge in [-0.15, -0.1) is 0 Å². The van der Waals surface area contributed by atoms with Crippen molar-refractivity contribution in [1.82, 2.24) is 0 Å². The van der Waals surface area contributed by atoms with Gasteiger partial charge in [-0.2, -0.15) is 0 Å². The van der Waals surface area contributed by atoms with E-state index in [1.807, 2.05) is 7.11 Å². The van der Waals surface area contributed by atoms with Crippen LogP contribution in [0.2, 0.25) is 0 Å². The van der Waals surface area contributed by atoms with Gasteiger partial charge in [0.25, 0.3) is 0 Å². The molecule has 3 spiro atoms. The lowest BCUT2D eigenvalue weighted by molar-refractivity contribution is -0.290. The molecule has 0 radical (unpaired) electrons. The van der Waals surface area contributed by atoms with Gasteiger partial charge in [0.15, 0.2) is 11.5 Å². The van der Waals surface area contributed by atoms with Gasteiger partial charge in [0.05, 0.1) is 12.7 Å². The first-order valence-corrected chi connectivity index (χ1v) is 12.2. The van der Waals surface area contributed by atoms with Crippen molar-refractivity contribution in [3.63, 3.8) is 0 Å². The summed E-state index contributed by atoms with van der Waals surface area (Å²) in [6, 6.07) is 4.42. The van der Waals surface area contributed by atoms with Gasteiger partial charge >= 0.3 is 0 Å². The van der Waals surface area contributed by atoms with Crippen LogP contribution in [-0.4, -0.2) is 36.6 Å². The highest BCUT2D eigenvalue weighted by Gasteiger charge is 2.90. The molecule has 1 aromatic rings. The van der Waals surface area contributed by atoms with Crippen LogP contribution in [0.3, 0.4) is 0 Å². The van der Waals surface area contributed by atoms with Crippen LogP contribution < -0.4 is 9.47 Å². The van der Waals surface area contributed by atoms with Crippen LogP contribution in [0.5, 0.6) is 11.5 Å². The zero-order valence-electron chi connectivity index (χ0n) is 19.8. The molecule has 4 heteroatoms. The first-order valence-electron chi connectivity index (χ1n) is 12.2. The molecule has 1 aromatic carbocycles. The number of hydrogen-bond acceptors (Lipinski definition) is 4. The third-order valence-corrected chi connectivity index (χ3v) is 11.6. The summed E-state index contributed by atoms with van der Waals surface area (Å²) in [6.45, 7) is 8.57. The molecule has 5 fully saturated rings. The fourth-order valence-electron chi connectivity index (χ4n) is 9.90. The van der Waals surface area contributed by atoms with E-state index in [1.54, 1.807) is 7.11 Å². The average molecular weight is 425 g/mol. The Bertz CT molecular complexity index is 1020. The molecule has 8 atom stereocenters. The Labute approximate surface area is 185 Å². The summed E-state index contributed by atoms with van der Waals surface area (Å²) in [5.41, 5.74) is 2.04. The van der Waals surface area contributed by atoms with Gasteiger partial charge in [0.1, 0.15) is 11.7 Å². The van der Waals surface area contributed by atoms with Gasteiger partial charge in [-0.1, -0.05) is 26.8 Å². The summed E-state index contributed by atoms with van der Waals surface area (Å²) < 4.78 is 19.4. The van der Waals surface area contributed by atoms with Gasteiger partial charge in [-0.3, -0.25) is 0 Å². The van der Waals surface area contributed by atoms with Crippen molar-refractivity contribution in [2.45, 2.75) is 88.9 Å². The molecule has 8 rings (SSSR count). The second kappa shape index (κ2) is 4.97. The standard InChI is InChI=1S/C27H36O4/c1-22(2,3)23(4,28)17-13-25-9-10-27(17,30-6)21-26(25)14-24(12-18(24)25)11-15-7-8-16(29-5)20(31-21)19(15)26/h7-8,17-18,21,28H,9-14H2,1-6H3/t17?,18?,21?,23?,24-,25?,26+,27?/m1/s1. The fraction of sp³-hybridized carbons (Fsp3) is 0.778. The van der Waals surface area contributed by atoms with E-state index in [-0.39, 0.29) is 28.3 Å². The molecular weight excluding hydrogens is 388 g/mol. The Morgan fingerprint density at radius 3 is 2.55 bits per heavy atom. The molecular formula is C27H36O4. The Morgan fingerprint density at radius 2 is 1.87 bits per heavy atom. The van der Waals surface area contributed by atoms with Crippen molar-refractivity contribution in [2.24, 2.45) is 28.1 Å². The van der Waals surface area contributed by atoms with Crippen LogP contribution in [0.15, 0.2) is 12.1 Å². The van der Waals surface area contributed by atoms with Crippen LogP contribution in [0.1, 0.15) is 70.9 Å². The lowest BCUT2D eigenvalue weighted by atomic mass is 9.37. The topological polar surface area (TPSA) is 47.9 Å². The molecule has 4 nitrogen and oxygen atoms in total. The number of fused-ring (bicyclic) bond motifs is 2. The molecule has 31 heavy (non-hydrogen) atoms. The van der Waals surface area contributed by atoms with E-state index in [9.17, 15) is 5.11 Å². The zero-order chi connectivity index (χ0) is 21.8. The third-order valence-electron chi connectivity index (χ3n) is 11.6. The Morgan fingerprint density at radius 1 is 1.10 bits per heavy atom. The monoisotopic (exact) mass is 424 g/mol. The lowest BCUT2D eigenvalue weighted by Gasteiger charge is -2.69. The van der Waals surface area contributed by atoms with Crippen LogP contribution >= 0.6 is 0 Å². The molecule has 1 aliphatic heterocycles. The SMILES string of the molecule is COc1ccc2c3c1OC1C4(OC)CCC5(CC4C(C)(O)C(C)(C)C)C4C[C@]4(C2)C[C@]315. The maximum atomic E-state index is 12.1. The number of methoxy groups -OCH3 is 2. The summed E-state index contributed by atoms with van der Waals surface area (Å²) in [6.07, 6.45) is 6.95. The van der Waals surface area contributed by atoms with Crippen molar-refractivity contribution < 1.29 is 19.3 Å². The molecule has 5 saturated carbocycles. The number of rotatable bonds is 3. The normalized spacial score (nSPS) is 49.2. The second-order valence-corrected chi connectivity index (χ2v) is 13.0. The fourth-order valence-corrected chi connectivity index (χ4v) is 9.90. The quantitative estimate of drug-likeness (QED) is 0.768. The molecule has 6 unspecified atom stereocenters.